The van der Waals surface area contributed by atoms with Gasteiger partial charge in [0, 0.05) is 18.9 Å². The molecule has 129 valence electrons. The number of aliphatic hydroxyl groups excluding tert-OH is 1. The number of hydrogen-bond acceptors (Lipinski definition) is 1. The topological polar surface area (TPSA) is 25.2 Å². The first-order valence-corrected chi connectivity index (χ1v) is 8.95. The van der Waals surface area contributed by atoms with Gasteiger partial charge in [-0.25, -0.2) is 0 Å². The van der Waals surface area contributed by atoms with Crippen molar-refractivity contribution in [2.45, 2.75) is 32.9 Å². The Hall–Kier alpha value is -2.32. The monoisotopic (exact) mass is 332 g/mol. The predicted molar refractivity (Wildman–Crippen MR) is 105 cm³/mol. The van der Waals surface area contributed by atoms with Gasteiger partial charge in [0.05, 0.1) is 6.10 Å². The number of hydrogen-bond donors (Lipinski definition) is 1. The quantitative estimate of drug-likeness (QED) is 0.613. The molecule has 0 unspecified atom stereocenters. The van der Waals surface area contributed by atoms with E-state index < -0.39 is 0 Å². The smallest absolute Gasteiger partial charge is 0.0544 e. The molecule has 1 heterocycles. The average molecular weight is 332 g/mol. The van der Waals surface area contributed by atoms with Crippen molar-refractivity contribution in [3.05, 3.63) is 79.5 Å². The highest BCUT2D eigenvalue weighted by atomic mass is 16.3. The maximum Gasteiger partial charge on any atom is 0.0544 e. The number of aliphatic hydroxyl groups is 1. The Morgan fingerprint density at radius 2 is 1.44 bits per heavy atom. The van der Waals surface area contributed by atoms with Crippen LogP contribution >= 0.6 is 0 Å². The predicted octanol–water partition coefficient (Wildman–Crippen LogP) is 5.43. The van der Waals surface area contributed by atoms with Crippen LogP contribution in [0.5, 0.6) is 0 Å². The lowest BCUT2D eigenvalue weighted by molar-refractivity contribution is 0.217. The molecule has 1 N–H and O–H groups in total. The van der Waals surface area contributed by atoms with Crippen LogP contribution in [0.3, 0.4) is 0 Å². The Morgan fingerprint density at radius 3 is 2.08 bits per heavy atom. The highest BCUT2D eigenvalue weighted by molar-refractivity contribution is 5.70. The molecule has 0 bridgehead atoms. The Bertz CT molecular complexity index is 771. The molecule has 2 nitrogen and oxygen atoms in total. The third-order valence-electron chi connectivity index (χ3n) is 4.48. The fourth-order valence-corrected chi connectivity index (χ4v) is 3.07. The fourth-order valence-electron chi connectivity index (χ4n) is 3.07. The van der Waals surface area contributed by atoms with Crippen molar-refractivity contribution in [1.29, 1.82) is 0 Å². The summed E-state index contributed by atoms with van der Waals surface area (Å²) in [6, 6.07) is 21.4. The molecule has 0 fully saturated rings. The Balaban J connectivity index is 1.66. The van der Waals surface area contributed by atoms with Gasteiger partial charge in [0.15, 0.2) is 0 Å². The van der Waals surface area contributed by atoms with Gasteiger partial charge in [-0.1, -0.05) is 61.5 Å². The van der Waals surface area contributed by atoms with Gasteiger partial charge in [-0.3, -0.25) is 0 Å². The van der Waals surface area contributed by atoms with Crippen LogP contribution in [0.4, 0.5) is 0 Å². The molecule has 2 atom stereocenters. The van der Waals surface area contributed by atoms with E-state index in [0.29, 0.717) is 5.92 Å². The minimum absolute atomic E-state index is 0.328. The molecule has 0 aliphatic carbocycles. The van der Waals surface area contributed by atoms with Crippen LogP contribution in [0, 0.1) is 12.3 Å². The van der Waals surface area contributed by atoms with Crippen LogP contribution in [-0.4, -0.2) is 15.8 Å². The summed E-state index contributed by atoms with van der Waals surface area (Å²) in [6.45, 7) is 4.98. The van der Waals surface area contributed by atoms with Crippen LogP contribution in [0.15, 0.2) is 73.1 Å². The van der Waals surface area contributed by atoms with Crippen LogP contribution < -0.4 is 0 Å². The van der Waals surface area contributed by atoms with Crippen molar-refractivity contribution >= 4 is 0 Å². The van der Waals surface area contributed by atoms with E-state index >= 15 is 0 Å². The molecule has 0 saturated carbocycles. The average Bonchev–Trinajstić information content (AvgIpc) is 3.09. The van der Waals surface area contributed by atoms with Gasteiger partial charge >= 0.3 is 0 Å². The van der Waals surface area contributed by atoms with Crippen molar-refractivity contribution in [2.75, 3.05) is 0 Å². The van der Waals surface area contributed by atoms with E-state index in [9.17, 15) is 5.11 Å². The van der Waals surface area contributed by atoms with Gasteiger partial charge in [0.2, 0.25) is 0 Å². The molecule has 1 aromatic heterocycles. The first kappa shape index (κ1) is 17.5. The summed E-state index contributed by atoms with van der Waals surface area (Å²) in [6.07, 6.45) is 6.91. The Kier molecular flexibility index (Phi) is 5.72. The molecule has 0 amide bonds. The molecule has 25 heavy (non-hydrogen) atoms. The number of aromatic nitrogens is 1. The second-order valence-corrected chi connectivity index (χ2v) is 6.86. The van der Waals surface area contributed by atoms with E-state index in [1.165, 1.54) is 22.3 Å². The molecule has 2 aromatic carbocycles. The van der Waals surface area contributed by atoms with Crippen LogP contribution in [0.1, 0.15) is 20.3 Å². The van der Waals surface area contributed by atoms with E-state index in [1.54, 1.807) is 6.92 Å². The maximum atomic E-state index is 9.36. The standard InChI is InChI=1S/C23H26NO/c1-18(8-9-19(2)25)16-24-15-14-23(17-24)22-12-10-21(11-13-22)20-6-4-3-5-7-20/h3-7,9-15,17-19,25H,8,16H2,1-2H3/t18-,19-/m1/s1. The summed E-state index contributed by atoms with van der Waals surface area (Å²) in [5.74, 6) is 0.510. The van der Waals surface area contributed by atoms with Crippen molar-refractivity contribution < 1.29 is 5.11 Å². The fraction of sp³-hybridized carbons (Fsp3) is 0.261. The van der Waals surface area contributed by atoms with Gasteiger partial charge < -0.3 is 9.67 Å². The van der Waals surface area contributed by atoms with Gasteiger partial charge in [0.1, 0.15) is 0 Å². The maximum absolute atomic E-state index is 9.36. The van der Waals surface area contributed by atoms with Gasteiger partial charge in [-0.15, -0.1) is 0 Å². The number of nitrogens with zero attached hydrogens (tertiary/aromatic N) is 1. The highest BCUT2D eigenvalue weighted by Crippen LogP contribution is 2.25. The third kappa shape index (κ3) is 4.83. The summed E-state index contributed by atoms with van der Waals surface area (Å²) in [4.78, 5) is 0. The van der Waals surface area contributed by atoms with E-state index in [-0.39, 0.29) is 6.10 Å². The minimum Gasteiger partial charge on any atom is -0.393 e. The Labute approximate surface area is 150 Å². The van der Waals surface area contributed by atoms with Gasteiger partial charge in [-0.05, 0) is 54.0 Å². The summed E-state index contributed by atoms with van der Waals surface area (Å²) in [5.41, 5.74) is 4.97. The summed E-state index contributed by atoms with van der Waals surface area (Å²) in [7, 11) is 0. The van der Waals surface area contributed by atoms with Crippen LogP contribution in [0.25, 0.3) is 22.3 Å². The second kappa shape index (κ2) is 8.17. The van der Waals surface area contributed by atoms with Crippen molar-refractivity contribution in [3.8, 4) is 22.3 Å². The lowest BCUT2D eigenvalue weighted by Gasteiger charge is -2.13. The summed E-state index contributed by atoms with van der Waals surface area (Å²) >= 11 is 0. The summed E-state index contributed by atoms with van der Waals surface area (Å²) in [5, 5.41) is 9.36. The van der Waals surface area contributed by atoms with Crippen LogP contribution in [-0.2, 0) is 6.54 Å². The van der Waals surface area contributed by atoms with Gasteiger partial charge in [0.25, 0.3) is 0 Å². The molecule has 0 aliphatic rings. The zero-order chi connectivity index (χ0) is 17.6. The SMILES string of the molecule is C[C@H](C[CH][C@@H](C)O)Cn1ccc(-c2ccc(-c3ccccc3)cc2)c1. The largest absolute Gasteiger partial charge is 0.393 e. The first-order valence-electron chi connectivity index (χ1n) is 8.95. The molecule has 0 saturated heterocycles. The number of benzene rings is 2. The van der Waals surface area contributed by atoms with E-state index in [2.05, 4.69) is 78.5 Å². The van der Waals surface area contributed by atoms with E-state index in [1.807, 2.05) is 12.5 Å². The normalized spacial score (nSPS) is 13.6. The zero-order valence-electron chi connectivity index (χ0n) is 15.0. The van der Waals surface area contributed by atoms with Crippen molar-refractivity contribution in [1.82, 2.24) is 4.57 Å². The van der Waals surface area contributed by atoms with E-state index in [4.69, 9.17) is 0 Å². The third-order valence-corrected chi connectivity index (χ3v) is 4.48. The lowest BCUT2D eigenvalue weighted by Crippen LogP contribution is -2.09. The number of rotatable bonds is 7. The molecular weight excluding hydrogens is 306 g/mol. The molecule has 2 heteroatoms. The highest BCUT2D eigenvalue weighted by Gasteiger charge is 2.07. The molecule has 0 aliphatic heterocycles. The lowest BCUT2D eigenvalue weighted by atomic mass is 10.0. The molecule has 3 rings (SSSR count). The second-order valence-electron chi connectivity index (χ2n) is 6.86. The van der Waals surface area contributed by atoms with Crippen molar-refractivity contribution in [2.24, 2.45) is 5.92 Å². The summed E-state index contributed by atoms with van der Waals surface area (Å²) < 4.78 is 2.24. The minimum atomic E-state index is -0.328. The molecule has 1 radical (unpaired) electrons. The van der Waals surface area contributed by atoms with Crippen LogP contribution in [0.2, 0.25) is 0 Å². The van der Waals surface area contributed by atoms with Gasteiger partial charge in [-0.2, -0.15) is 0 Å². The van der Waals surface area contributed by atoms with Crippen molar-refractivity contribution in [3.63, 3.8) is 0 Å². The van der Waals surface area contributed by atoms with E-state index in [0.717, 1.165) is 13.0 Å². The molecular formula is C23H26NO. The molecule has 3 aromatic rings. The Morgan fingerprint density at radius 1 is 0.840 bits per heavy atom. The first-order chi connectivity index (χ1) is 12.1. The zero-order valence-corrected chi connectivity index (χ0v) is 15.0. The molecule has 0 spiro atoms.